The van der Waals surface area contributed by atoms with Crippen LogP contribution in [0.25, 0.3) is 0 Å². The van der Waals surface area contributed by atoms with Gasteiger partial charge in [0.15, 0.2) is 5.13 Å². The smallest absolute Gasteiger partial charge is 0.321 e. The van der Waals surface area contributed by atoms with E-state index in [1.54, 1.807) is 0 Å². The summed E-state index contributed by atoms with van der Waals surface area (Å²) in [6, 6.07) is -0.217. The number of anilines is 1. The van der Waals surface area contributed by atoms with Crippen molar-refractivity contribution in [3.05, 3.63) is 10.6 Å². The second-order valence-corrected chi connectivity index (χ2v) is 6.35. The van der Waals surface area contributed by atoms with Crippen LogP contribution in [0.3, 0.4) is 0 Å². The number of amides is 2. The molecule has 1 aromatic heterocycles. The molecule has 1 aliphatic rings. The Labute approximate surface area is 121 Å². The monoisotopic (exact) mass is 297 g/mol. The first-order valence-electron chi connectivity index (χ1n) is 6.70. The van der Waals surface area contributed by atoms with E-state index in [1.165, 1.54) is 11.3 Å². The predicted octanol–water partition coefficient (Wildman–Crippen LogP) is 2.52. The quantitative estimate of drug-likeness (QED) is 0.799. The third kappa shape index (κ3) is 3.69. The zero-order chi connectivity index (χ0) is 14.7. The van der Waals surface area contributed by atoms with Crippen molar-refractivity contribution >= 4 is 28.5 Å². The minimum atomic E-state index is -0.735. The lowest BCUT2D eigenvalue weighted by molar-refractivity contribution is -0.142. The first-order valence-corrected chi connectivity index (χ1v) is 7.51. The molecule has 1 aliphatic carbocycles. The summed E-state index contributed by atoms with van der Waals surface area (Å²) in [4.78, 5) is 28.0. The molecule has 0 aromatic carbocycles. The summed E-state index contributed by atoms with van der Waals surface area (Å²) in [6.07, 6.45) is 2.66. The van der Waals surface area contributed by atoms with Crippen molar-refractivity contribution in [2.75, 3.05) is 5.32 Å². The van der Waals surface area contributed by atoms with Gasteiger partial charge in [0.25, 0.3) is 0 Å². The van der Waals surface area contributed by atoms with Crippen LogP contribution < -0.4 is 10.6 Å². The SMILES string of the molecule is Cc1nc(NC(=O)NC2CCC(C(=O)O)CC2)sc1C. The normalized spacial score (nSPS) is 22.3. The van der Waals surface area contributed by atoms with E-state index in [-0.39, 0.29) is 18.0 Å². The van der Waals surface area contributed by atoms with Crippen molar-refractivity contribution in [2.45, 2.75) is 45.6 Å². The third-order valence-corrected chi connectivity index (χ3v) is 4.65. The van der Waals surface area contributed by atoms with Gasteiger partial charge in [0.2, 0.25) is 0 Å². The van der Waals surface area contributed by atoms with E-state index in [0.29, 0.717) is 30.8 Å². The standard InChI is InChI=1S/C13H19N3O3S/c1-7-8(2)20-13(14-7)16-12(19)15-10-5-3-9(4-6-10)11(17)18/h9-10H,3-6H2,1-2H3,(H,17,18)(H2,14,15,16,19). The number of carbonyl (C=O) groups is 2. The Morgan fingerprint density at radius 3 is 2.40 bits per heavy atom. The number of nitrogens with one attached hydrogen (secondary N) is 2. The van der Waals surface area contributed by atoms with Crippen molar-refractivity contribution in [1.82, 2.24) is 10.3 Å². The number of aryl methyl sites for hydroxylation is 2. The summed E-state index contributed by atoms with van der Waals surface area (Å²) in [6.45, 7) is 3.87. The van der Waals surface area contributed by atoms with Crippen LogP contribution in [-0.2, 0) is 4.79 Å². The Bertz CT molecular complexity index is 487. The van der Waals surface area contributed by atoms with Crippen LogP contribution in [0.4, 0.5) is 9.93 Å². The van der Waals surface area contributed by atoms with E-state index in [4.69, 9.17) is 5.11 Å². The zero-order valence-corrected chi connectivity index (χ0v) is 12.4. The van der Waals surface area contributed by atoms with Crippen LogP contribution in [-0.4, -0.2) is 28.1 Å². The molecule has 0 bridgehead atoms. The number of hydrogen-bond acceptors (Lipinski definition) is 4. The van der Waals surface area contributed by atoms with E-state index in [9.17, 15) is 9.59 Å². The number of carboxylic acid groups (broad SMARTS) is 1. The first kappa shape index (κ1) is 14.8. The average molecular weight is 297 g/mol. The van der Waals surface area contributed by atoms with Gasteiger partial charge in [0.1, 0.15) is 0 Å². The Kier molecular flexibility index (Phi) is 4.59. The highest BCUT2D eigenvalue weighted by molar-refractivity contribution is 7.15. The van der Waals surface area contributed by atoms with E-state index in [1.807, 2.05) is 13.8 Å². The van der Waals surface area contributed by atoms with Gasteiger partial charge in [-0.2, -0.15) is 0 Å². The molecular weight excluding hydrogens is 278 g/mol. The van der Waals surface area contributed by atoms with Crippen LogP contribution in [0, 0.1) is 19.8 Å². The Morgan fingerprint density at radius 1 is 1.25 bits per heavy atom. The van der Waals surface area contributed by atoms with E-state index in [0.717, 1.165) is 10.6 Å². The van der Waals surface area contributed by atoms with Gasteiger partial charge in [0, 0.05) is 10.9 Å². The molecule has 0 radical (unpaired) electrons. The molecule has 1 fully saturated rings. The summed E-state index contributed by atoms with van der Waals surface area (Å²) >= 11 is 1.45. The Morgan fingerprint density at radius 2 is 1.90 bits per heavy atom. The molecule has 0 saturated heterocycles. The highest BCUT2D eigenvalue weighted by Crippen LogP contribution is 2.25. The van der Waals surface area contributed by atoms with Gasteiger partial charge in [-0.3, -0.25) is 10.1 Å². The van der Waals surface area contributed by atoms with E-state index in [2.05, 4.69) is 15.6 Å². The summed E-state index contributed by atoms with van der Waals surface area (Å²) in [5, 5.41) is 15.1. The largest absolute Gasteiger partial charge is 0.481 e. The molecule has 7 heteroatoms. The van der Waals surface area contributed by atoms with Crippen molar-refractivity contribution < 1.29 is 14.7 Å². The minimum absolute atomic E-state index is 0.0488. The maximum atomic E-state index is 11.8. The van der Waals surface area contributed by atoms with Gasteiger partial charge in [-0.1, -0.05) is 0 Å². The molecule has 0 spiro atoms. The molecule has 0 unspecified atom stereocenters. The fraction of sp³-hybridized carbons (Fsp3) is 0.615. The number of urea groups is 1. The molecule has 6 nitrogen and oxygen atoms in total. The predicted molar refractivity (Wildman–Crippen MR) is 77.1 cm³/mol. The number of aliphatic carboxylic acids is 1. The first-order chi connectivity index (χ1) is 9.45. The number of aromatic nitrogens is 1. The van der Waals surface area contributed by atoms with Crippen LogP contribution in [0.5, 0.6) is 0 Å². The Hall–Kier alpha value is -1.63. The molecular formula is C13H19N3O3S. The van der Waals surface area contributed by atoms with Gasteiger partial charge in [-0.15, -0.1) is 11.3 Å². The molecule has 2 rings (SSSR count). The zero-order valence-electron chi connectivity index (χ0n) is 11.6. The molecule has 110 valence electrons. The number of carboxylic acids is 1. The lowest BCUT2D eigenvalue weighted by Gasteiger charge is -2.26. The van der Waals surface area contributed by atoms with Crippen molar-refractivity contribution in [1.29, 1.82) is 0 Å². The molecule has 0 aliphatic heterocycles. The van der Waals surface area contributed by atoms with E-state index < -0.39 is 5.97 Å². The molecule has 3 N–H and O–H groups in total. The van der Waals surface area contributed by atoms with Crippen LogP contribution in [0.15, 0.2) is 0 Å². The topological polar surface area (TPSA) is 91.3 Å². The van der Waals surface area contributed by atoms with E-state index >= 15 is 0 Å². The Balaban J connectivity index is 1.79. The van der Waals surface area contributed by atoms with Gasteiger partial charge in [0.05, 0.1) is 11.6 Å². The summed E-state index contributed by atoms with van der Waals surface area (Å²) in [5.41, 5.74) is 0.923. The molecule has 1 heterocycles. The van der Waals surface area contributed by atoms with Crippen LogP contribution in [0.2, 0.25) is 0 Å². The molecule has 2 amide bonds. The number of thiazole rings is 1. The summed E-state index contributed by atoms with van der Waals surface area (Å²) in [5.74, 6) is -0.998. The third-order valence-electron chi connectivity index (χ3n) is 3.66. The lowest BCUT2D eigenvalue weighted by Crippen LogP contribution is -2.40. The van der Waals surface area contributed by atoms with Crippen molar-refractivity contribution in [2.24, 2.45) is 5.92 Å². The van der Waals surface area contributed by atoms with Gasteiger partial charge < -0.3 is 10.4 Å². The maximum Gasteiger partial charge on any atom is 0.321 e. The number of carbonyl (C=O) groups excluding carboxylic acids is 1. The average Bonchev–Trinajstić information content (AvgIpc) is 2.68. The van der Waals surface area contributed by atoms with Gasteiger partial charge >= 0.3 is 12.0 Å². The highest BCUT2D eigenvalue weighted by Gasteiger charge is 2.26. The van der Waals surface area contributed by atoms with Crippen LogP contribution >= 0.6 is 11.3 Å². The van der Waals surface area contributed by atoms with Gasteiger partial charge in [-0.25, -0.2) is 9.78 Å². The number of rotatable bonds is 3. The molecule has 0 atom stereocenters. The van der Waals surface area contributed by atoms with Crippen molar-refractivity contribution in [3.63, 3.8) is 0 Å². The van der Waals surface area contributed by atoms with Gasteiger partial charge in [-0.05, 0) is 39.5 Å². The highest BCUT2D eigenvalue weighted by atomic mass is 32.1. The molecule has 1 aromatic rings. The summed E-state index contributed by atoms with van der Waals surface area (Å²) < 4.78 is 0. The summed E-state index contributed by atoms with van der Waals surface area (Å²) in [7, 11) is 0. The van der Waals surface area contributed by atoms with Crippen molar-refractivity contribution in [3.8, 4) is 0 Å². The lowest BCUT2D eigenvalue weighted by atomic mass is 9.86. The second-order valence-electron chi connectivity index (χ2n) is 5.15. The molecule has 20 heavy (non-hydrogen) atoms. The molecule has 1 saturated carbocycles. The fourth-order valence-electron chi connectivity index (χ4n) is 2.33. The number of nitrogens with zero attached hydrogens (tertiary/aromatic N) is 1. The minimum Gasteiger partial charge on any atom is -0.481 e. The van der Waals surface area contributed by atoms with Crippen LogP contribution in [0.1, 0.15) is 36.3 Å². The number of hydrogen-bond donors (Lipinski definition) is 3. The fourth-order valence-corrected chi connectivity index (χ4v) is 3.14. The maximum absolute atomic E-state index is 11.8. The second kappa shape index (κ2) is 6.21.